The summed E-state index contributed by atoms with van der Waals surface area (Å²) < 4.78 is 0. The van der Waals surface area contributed by atoms with Crippen molar-refractivity contribution in [2.75, 3.05) is 5.32 Å². The lowest BCUT2D eigenvalue weighted by Gasteiger charge is -2.20. The van der Waals surface area contributed by atoms with Gasteiger partial charge < -0.3 is 5.32 Å². The number of pyridine rings is 1. The van der Waals surface area contributed by atoms with E-state index >= 15 is 0 Å². The number of rotatable bonds is 4. The quantitative estimate of drug-likeness (QED) is 0.577. The van der Waals surface area contributed by atoms with Crippen molar-refractivity contribution in [2.45, 2.75) is 19.9 Å². The van der Waals surface area contributed by atoms with Gasteiger partial charge in [-0.3, -0.25) is 4.98 Å². The van der Waals surface area contributed by atoms with E-state index in [0.717, 1.165) is 28.0 Å². The fourth-order valence-corrected chi connectivity index (χ4v) is 3.15. The second kappa shape index (κ2) is 6.92. The van der Waals surface area contributed by atoms with Gasteiger partial charge in [-0.2, -0.15) is 0 Å². The number of hydrogen-bond acceptors (Lipinski definition) is 4. The summed E-state index contributed by atoms with van der Waals surface area (Å²) in [7, 11) is 0. The molecule has 2 heterocycles. The predicted octanol–water partition coefficient (Wildman–Crippen LogP) is 4.84. The summed E-state index contributed by atoms with van der Waals surface area (Å²) in [6.45, 7) is 4.18. The van der Waals surface area contributed by atoms with Crippen molar-refractivity contribution in [1.82, 2.24) is 15.0 Å². The minimum atomic E-state index is -0.0882. The summed E-state index contributed by atoms with van der Waals surface area (Å²) in [5.74, 6) is 0.816. The molecule has 0 aliphatic carbocycles. The van der Waals surface area contributed by atoms with Crippen molar-refractivity contribution < 1.29 is 0 Å². The van der Waals surface area contributed by atoms with Gasteiger partial charge in [0, 0.05) is 11.6 Å². The molecule has 0 aliphatic rings. The van der Waals surface area contributed by atoms with Gasteiger partial charge in [-0.1, -0.05) is 47.5 Å². The van der Waals surface area contributed by atoms with E-state index in [1.807, 2.05) is 30.5 Å². The molecular formula is C22H20N4. The summed E-state index contributed by atoms with van der Waals surface area (Å²) in [5.41, 5.74) is 5.44. The van der Waals surface area contributed by atoms with Gasteiger partial charge in [0.25, 0.3) is 0 Å². The van der Waals surface area contributed by atoms with Crippen LogP contribution in [0, 0.1) is 13.8 Å². The Balaban J connectivity index is 1.82. The Hall–Kier alpha value is -3.27. The third kappa shape index (κ3) is 3.26. The molecule has 0 spiro atoms. The van der Waals surface area contributed by atoms with Gasteiger partial charge in [0.15, 0.2) is 0 Å². The van der Waals surface area contributed by atoms with Crippen LogP contribution in [-0.2, 0) is 0 Å². The van der Waals surface area contributed by atoms with Crippen LogP contribution in [0.4, 0.5) is 5.82 Å². The predicted molar refractivity (Wildman–Crippen MR) is 105 cm³/mol. The van der Waals surface area contributed by atoms with Crippen molar-refractivity contribution >= 4 is 16.7 Å². The maximum absolute atomic E-state index is 4.57. The van der Waals surface area contributed by atoms with Gasteiger partial charge in [0.1, 0.15) is 12.1 Å². The topological polar surface area (TPSA) is 50.7 Å². The van der Waals surface area contributed by atoms with E-state index in [4.69, 9.17) is 0 Å². The van der Waals surface area contributed by atoms with Crippen molar-refractivity contribution in [3.8, 4) is 0 Å². The van der Waals surface area contributed by atoms with Crippen LogP contribution in [-0.4, -0.2) is 15.0 Å². The lowest BCUT2D eigenvalue weighted by atomic mass is 10.0. The number of aryl methyl sites for hydroxylation is 2. The molecule has 0 amide bonds. The highest BCUT2D eigenvalue weighted by Gasteiger charge is 2.17. The average molecular weight is 340 g/mol. The zero-order chi connectivity index (χ0) is 17.9. The maximum atomic E-state index is 4.57. The molecule has 1 atom stereocenters. The zero-order valence-electron chi connectivity index (χ0n) is 14.8. The van der Waals surface area contributed by atoms with Crippen LogP contribution in [0.15, 0.2) is 73.2 Å². The van der Waals surface area contributed by atoms with Crippen LogP contribution >= 0.6 is 0 Å². The van der Waals surface area contributed by atoms with Crippen LogP contribution in [0.25, 0.3) is 10.9 Å². The molecule has 26 heavy (non-hydrogen) atoms. The lowest BCUT2D eigenvalue weighted by molar-refractivity contribution is 0.877. The fraction of sp³-hybridized carbons (Fsp3) is 0.136. The first kappa shape index (κ1) is 16.2. The SMILES string of the molecule is Cc1cccc(C(Nc2ncnc3ccc(C)cc23)c2ccccn2)c1. The molecule has 0 bridgehead atoms. The third-order valence-corrected chi connectivity index (χ3v) is 4.43. The number of nitrogens with one attached hydrogen (secondary N) is 1. The van der Waals surface area contributed by atoms with Crippen LogP contribution in [0.1, 0.15) is 28.4 Å². The Bertz CT molecular complexity index is 1040. The van der Waals surface area contributed by atoms with Gasteiger partial charge in [-0.05, 0) is 43.7 Å². The van der Waals surface area contributed by atoms with Gasteiger partial charge in [-0.15, -0.1) is 0 Å². The normalized spacial score (nSPS) is 12.1. The van der Waals surface area contributed by atoms with Crippen molar-refractivity contribution in [1.29, 1.82) is 0 Å². The first-order valence-corrected chi connectivity index (χ1v) is 8.66. The number of aromatic nitrogens is 3. The molecule has 128 valence electrons. The van der Waals surface area contributed by atoms with Crippen LogP contribution < -0.4 is 5.32 Å². The summed E-state index contributed by atoms with van der Waals surface area (Å²) in [6.07, 6.45) is 3.42. The molecule has 0 fully saturated rings. The van der Waals surface area contributed by atoms with Crippen LogP contribution in [0.5, 0.6) is 0 Å². The number of fused-ring (bicyclic) bond motifs is 1. The Morgan fingerprint density at radius 2 is 1.69 bits per heavy atom. The fourth-order valence-electron chi connectivity index (χ4n) is 3.15. The highest BCUT2D eigenvalue weighted by atomic mass is 15.0. The summed E-state index contributed by atoms with van der Waals surface area (Å²) in [5, 5.41) is 4.61. The smallest absolute Gasteiger partial charge is 0.138 e. The van der Waals surface area contributed by atoms with Crippen molar-refractivity contribution in [3.05, 3.63) is 95.6 Å². The molecule has 0 saturated carbocycles. The molecule has 0 saturated heterocycles. The minimum absolute atomic E-state index is 0.0882. The Morgan fingerprint density at radius 1 is 0.808 bits per heavy atom. The monoisotopic (exact) mass is 340 g/mol. The van der Waals surface area contributed by atoms with E-state index in [9.17, 15) is 0 Å². The van der Waals surface area contributed by atoms with Gasteiger partial charge >= 0.3 is 0 Å². The number of nitrogens with zero attached hydrogens (tertiary/aromatic N) is 3. The zero-order valence-corrected chi connectivity index (χ0v) is 14.8. The van der Waals surface area contributed by atoms with E-state index < -0.39 is 0 Å². The highest BCUT2D eigenvalue weighted by Crippen LogP contribution is 2.28. The first-order valence-electron chi connectivity index (χ1n) is 8.66. The van der Waals surface area contributed by atoms with E-state index in [2.05, 4.69) is 70.5 Å². The summed E-state index contributed by atoms with van der Waals surface area (Å²) in [6, 6.07) is 20.6. The molecule has 0 radical (unpaired) electrons. The standard InChI is InChI=1S/C22H20N4/c1-15-6-5-7-17(12-15)21(20-8-3-4-11-23-20)26-22-18-13-16(2)9-10-19(18)24-14-25-22/h3-14,21H,1-2H3,(H,24,25,26). The Labute approximate surface area is 153 Å². The lowest BCUT2D eigenvalue weighted by Crippen LogP contribution is -2.15. The van der Waals surface area contributed by atoms with Gasteiger partial charge in [0.05, 0.1) is 17.3 Å². The maximum Gasteiger partial charge on any atom is 0.138 e. The average Bonchev–Trinajstić information content (AvgIpc) is 2.67. The Kier molecular flexibility index (Phi) is 4.32. The second-order valence-electron chi connectivity index (χ2n) is 6.49. The van der Waals surface area contributed by atoms with E-state index in [1.54, 1.807) is 6.33 Å². The molecule has 1 unspecified atom stereocenters. The number of hydrogen-bond donors (Lipinski definition) is 1. The van der Waals surface area contributed by atoms with E-state index in [-0.39, 0.29) is 6.04 Å². The van der Waals surface area contributed by atoms with Crippen LogP contribution in [0.2, 0.25) is 0 Å². The third-order valence-electron chi connectivity index (χ3n) is 4.43. The largest absolute Gasteiger partial charge is 0.357 e. The highest BCUT2D eigenvalue weighted by molar-refractivity contribution is 5.89. The molecule has 4 heteroatoms. The minimum Gasteiger partial charge on any atom is -0.357 e. The van der Waals surface area contributed by atoms with Gasteiger partial charge in [0.2, 0.25) is 0 Å². The van der Waals surface area contributed by atoms with Crippen molar-refractivity contribution in [2.24, 2.45) is 0 Å². The number of benzene rings is 2. The van der Waals surface area contributed by atoms with Crippen molar-refractivity contribution in [3.63, 3.8) is 0 Å². The summed E-state index contributed by atoms with van der Waals surface area (Å²) in [4.78, 5) is 13.5. The van der Waals surface area contributed by atoms with E-state index in [1.165, 1.54) is 11.1 Å². The molecular weight excluding hydrogens is 320 g/mol. The Morgan fingerprint density at radius 3 is 2.50 bits per heavy atom. The van der Waals surface area contributed by atoms with Crippen LogP contribution in [0.3, 0.4) is 0 Å². The second-order valence-corrected chi connectivity index (χ2v) is 6.49. The molecule has 1 N–H and O–H groups in total. The molecule has 4 rings (SSSR count). The molecule has 4 aromatic rings. The number of anilines is 1. The first-order chi connectivity index (χ1) is 12.7. The summed E-state index contributed by atoms with van der Waals surface area (Å²) >= 11 is 0. The molecule has 0 aliphatic heterocycles. The van der Waals surface area contributed by atoms with Gasteiger partial charge in [-0.25, -0.2) is 9.97 Å². The molecule has 2 aromatic carbocycles. The van der Waals surface area contributed by atoms with E-state index in [0.29, 0.717) is 0 Å². The molecule has 4 nitrogen and oxygen atoms in total. The molecule has 2 aromatic heterocycles.